The first-order valence-electron chi connectivity index (χ1n) is 48.5. The molecule has 5 aromatic heterocycles. The SMILES string of the molecule is CCCCOc1ccc(CBr)cc1.CCCCOc1ccc(CSC2=C(C=C3Sc4ccccc4N3CCO)C(=O)C2=Cc2sc3ccccc3[n+]2CCO)cc1.Cc1nc2ccccc2s1.Cc1sc2ccccc2[n+]1CCO.O=C1C(=Cc2sc3ccccc3[n+]2CCO)C(O)=C1C=C1Sc2ccccc2N1CCO.O=C1C(=Cc2sc3ccccc3[n+]2CCO)C(S)=C1C=C1Sc2ccccc2N1CCO.OCCBr.[Br-].[Br-]. The largest absolute Gasteiger partial charge is 1.00 e. The smallest absolute Gasteiger partial charge is 0.263 e. The lowest BCUT2D eigenvalue weighted by Gasteiger charge is -2.25. The molecule has 0 unspecified atom stereocenters. The molecule has 3 aliphatic heterocycles. The molecular formula is C114H116Br4N8O14S10+2. The number of β-amino-alcohol motifs (C(OH)–C–C–N with tert-alkyl or cyclic N) is 3. The number of hydrogen-bond acceptors (Lipinski definition) is 28. The van der Waals surface area contributed by atoms with Gasteiger partial charge in [0.25, 0.3) is 15.0 Å². The Morgan fingerprint density at radius 3 is 1.15 bits per heavy atom. The zero-order chi connectivity index (χ0) is 104. The number of thiazole rings is 5. The molecule has 0 atom stereocenters. The molecule has 0 fully saturated rings. The summed E-state index contributed by atoms with van der Waals surface area (Å²) in [6, 6.07) is 80.8. The normalized spacial score (nSPS) is 15.3. The van der Waals surface area contributed by atoms with Crippen LogP contribution in [0.3, 0.4) is 0 Å². The molecule has 0 spiro atoms. The number of aliphatic hydroxyl groups excluding tert-OH is 9. The van der Waals surface area contributed by atoms with Gasteiger partial charge in [0.1, 0.15) is 62.5 Å². The Labute approximate surface area is 953 Å². The van der Waals surface area contributed by atoms with Crippen LogP contribution < -0.4 is 76.4 Å². The summed E-state index contributed by atoms with van der Waals surface area (Å²) < 4.78 is 25.4. The van der Waals surface area contributed by atoms with E-state index in [1.807, 2.05) is 238 Å². The number of ketones is 3. The number of benzene rings is 10. The summed E-state index contributed by atoms with van der Waals surface area (Å²) in [6.07, 6.45) is 15.5. The van der Waals surface area contributed by atoms with Gasteiger partial charge < -0.3 is 104 Å². The van der Waals surface area contributed by atoms with Crippen LogP contribution in [0, 0.1) is 13.8 Å². The van der Waals surface area contributed by atoms with E-state index in [0.717, 1.165) is 163 Å². The highest BCUT2D eigenvalue weighted by Gasteiger charge is 2.40. The Hall–Kier alpha value is -9.53. The number of allylic oxidation sites excluding steroid dienone is 9. The molecule has 21 rings (SSSR count). The zero-order valence-electron chi connectivity index (χ0n) is 82.8. The van der Waals surface area contributed by atoms with Crippen LogP contribution in [0.15, 0.2) is 340 Å². The average Bonchev–Trinajstić information content (AvgIpc) is 1.78. The van der Waals surface area contributed by atoms with Crippen LogP contribution in [0.1, 0.15) is 75.7 Å². The summed E-state index contributed by atoms with van der Waals surface area (Å²) >= 11 is 25.7. The monoisotopic (exact) mass is 2460 g/mol. The molecule has 0 saturated carbocycles. The van der Waals surface area contributed by atoms with Gasteiger partial charge in [0.15, 0.2) is 37.7 Å². The Bertz CT molecular complexity index is 7300. The number of aryl methyl sites for hydroxylation is 2. The number of para-hydroxylation sites is 8. The summed E-state index contributed by atoms with van der Waals surface area (Å²) in [6.45, 7) is 13.8. The first kappa shape index (κ1) is 118. The molecule has 9 N–H and O–H groups in total. The number of carbonyl (C=O) groups excluding carboxylic acids is 3. The number of aliphatic hydroxyl groups is 9. The minimum Gasteiger partial charge on any atom is -1.00 e. The molecule has 0 amide bonds. The number of anilines is 3. The van der Waals surface area contributed by atoms with Gasteiger partial charge in [-0.05, 0) is 146 Å². The number of hydrogen-bond donors (Lipinski definition) is 10. The number of thioether (sulfide) groups is 4. The number of carbonyl (C=O) groups is 3. The number of Topliss-reactive ketones (excluding diaryl/α,β-unsaturated/α-hetero) is 3. The second-order valence-electron chi connectivity index (χ2n) is 33.8. The van der Waals surface area contributed by atoms with Crippen molar-refractivity contribution in [2.75, 3.05) is 106 Å². The average molecular weight is 2460 g/mol. The molecule has 782 valence electrons. The van der Waals surface area contributed by atoms with Crippen molar-refractivity contribution in [1.82, 2.24) is 4.98 Å². The first-order chi connectivity index (χ1) is 72.3. The number of halogens is 4. The predicted octanol–water partition coefficient (Wildman–Crippen LogP) is 16.4. The Morgan fingerprint density at radius 2 is 0.747 bits per heavy atom. The second-order valence-corrected chi connectivity index (χ2v) is 45.4. The summed E-state index contributed by atoms with van der Waals surface area (Å²) in [5.74, 6) is 2.26. The third-order valence-electron chi connectivity index (χ3n) is 23.9. The molecule has 3 aliphatic carbocycles. The van der Waals surface area contributed by atoms with E-state index >= 15 is 0 Å². The maximum absolute atomic E-state index is 13.8. The Kier molecular flexibility index (Phi) is 46.0. The maximum Gasteiger partial charge on any atom is 0.263 e. The summed E-state index contributed by atoms with van der Waals surface area (Å²) in [5.41, 5.74) is 14.0. The maximum atomic E-state index is 13.8. The van der Waals surface area contributed by atoms with Crippen LogP contribution in [0.4, 0.5) is 17.1 Å². The van der Waals surface area contributed by atoms with Crippen LogP contribution in [-0.2, 0) is 51.6 Å². The van der Waals surface area contributed by atoms with Gasteiger partial charge in [0.05, 0.1) is 98.2 Å². The van der Waals surface area contributed by atoms with Crippen LogP contribution >= 0.6 is 148 Å². The van der Waals surface area contributed by atoms with E-state index in [1.54, 1.807) is 92.8 Å². The van der Waals surface area contributed by atoms with Gasteiger partial charge in [-0.2, -0.15) is 18.3 Å². The molecule has 22 nitrogen and oxygen atoms in total. The fraction of sp³-hybridized carbons (Fsp3) is 0.246. The van der Waals surface area contributed by atoms with E-state index in [0.29, 0.717) is 84.1 Å². The number of ether oxygens (including phenoxy) is 2. The van der Waals surface area contributed by atoms with E-state index in [-0.39, 0.29) is 121 Å². The summed E-state index contributed by atoms with van der Waals surface area (Å²) in [7, 11) is 0. The van der Waals surface area contributed by atoms with Crippen LogP contribution in [-0.4, -0.2) is 159 Å². The number of aromatic nitrogens is 5. The van der Waals surface area contributed by atoms with Gasteiger partial charge in [0, 0.05) is 132 Å². The van der Waals surface area contributed by atoms with Crippen LogP contribution in [0.2, 0.25) is 0 Å². The van der Waals surface area contributed by atoms with Gasteiger partial charge in [-0.3, -0.25) is 14.4 Å². The van der Waals surface area contributed by atoms with Gasteiger partial charge in [-0.1, -0.05) is 261 Å². The fourth-order valence-corrected chi connectivity index (χ4v) is 27.1. The quantitative estimate of drug-likeness (QED) is 0.00601. The van der Waals surface area contributed by atoms with E-state index in [4.69, 9.17) is 19.7 Å². The molecule has 8 heterocycles. The zero-order valence-corrected chi connectivity index (χ0v) is 97.4. The van der Waals surface area contributed by atoms with Crippen molar-refractivity contribution < 1.29 is 122 Å². The lowest BCUT2D eigenvalue weighted by molar-refractivity contribution is -0.674. The van der Waals surface area contributed by atoms with E-state index < -0.39 is 0 Å². The molecular weight excluding hydrogens is 2350 g/mol. The molecule has 36 heteroatoms. The standard InChI is InChI=1S/C35H35N2O4S3.C24H20N2O4S2.C24H20N2O3S3.C11H15BrO.C10H12NOS.C8H7NS.C2H5BrO.2BrH/c1-2-3-20-41-25-14-12-24(13-15-25)23-42-35-26(21-32-36(16-18-38)28-8-4-6-10-30(28)43-32)34(40)27(35)22-33-37(17-19-39)29-9-5-7-11-31(29)44-33;2*27-11-9-25-17-5-1-3-7-19(17)31-21(25)13-15-23(29)16(24(15)30)14-22-26(10-12-28)18-6-2-4-8-20(18)32-22;1-2-3-8-13-11-6-4-10(9-12)5-7-11;1-8-11(6-7-12)9-4-2-3-5-10(9)13-8;1-6-9-7-4-2-3-5-8(7)10-6;3-1-2-4;;/h4-15,21-22,38-39H,2-3,16-20,23H2,1H3;2*1-8,13-14,27-28H,9-12H2;4-7H,2-3,8-9H2,1H3;2-5,12H,6-7H2,1H3;2-5H,1H3;4H,1-2H2;2*1H/q+1;;;;+1;;;;. The minimum absolute atomic E-state index is 0. The third kappa shape index (κ3) is 28.8. The van der Waals surface area contributed by atoms with Gasteiger partial charge in [0.2, 0.25) is 32.9 Å². The van der Waals surface area contributed by atoms with Crippen molar-refractivity contribution in [1.29, 1.82) is 0 Å². The minimum atomic E-state index is -0.219. The number of thiol groups is 1. The van der Waals surface area contributed by atoms with Crippen molar-refractivity contribution in [2.45, 2.75) is 105 Å². The third-order valence-corrected chi connectivity index (χ3v) is 35.3. The summed E-state index contributed by atoms with van der Waals surface area (Å²) in [4.78, 5) is 55.1. The van der Waals surface area contributed by atoms with E-state index in [9.17, 15) is 50.1 Å². The number of unbranched alkanes of at least 4 members (excludes halogenated alkanes) is 2. The number of alkyl halides is 2. The van der Waals surface area contributed by atoms with Crippen LogP contribution in [0.5, 0.6) is 11.5 Å². The van der Waals surface area contributed by atoms with Gasteiger partial charge in [-0.25, -0.2) is 4.98 Å². The Morgan fingerprint density at radius 1 is 0.393 bits per heavy atom. The van der Waals surface area contributed by atoms with Crippen molar-refractivity contribution >= 4 is 252 Å². The molecule has 0 bridgehead atoms. The highest BCUT2D eigenvalue weighted by Crippen LogP contribution is 2.52. The number of fused-ring (bicyclic) bond motifs is 8. The first-order valence-corrected chi connectivity index (χ1v) is 58.7. The van der Waals surface area contributed by atoms with E-state index in [1.165, 1.54) is 55.0 Å². The van der Waals surface area contributed by atoms with Gasteiger partial charge >= 0.3 is 0 Å². The lowest BCUT2D eigenvalue weighted by Crippen LogP contribution is -3.00. The van der Waals surface area contributed by atoms with E-state index in [2.05, 4.69) is 139 Å². The highest BCUT2D eigenvalue weighted by molar-refractivity contribution is 9.09. The highest BCUT2D eigenvalue weighted by atomic mass is 79.9. The van der Waals surface area contributed by atoms with Crippen molar-refractivity contribution in [3.63, 3.8) is 0 Å². The molecule has 10 aromatic carbocycles. The second kappa shape index (κ2) is 58.7. The molecule has 150 heavy (non-hydrogen) atoms. The fourth-order valence-electron chi connectivity index (χ4n) is 16.7. The van der Waals surface area contributed by atoms with Crippen LogP contribution in [0.25, 0.3) is 69.3 Å². The number of nitrogens with zero attached hydrogens (tertiary/aromatic N) is 8. The topological polar surface area (TPSA) is 290 Å². The predicted molar refractivity (Wildman–Crippen MR) is 620 cm³/mol. The van der Waals surface area contributed by atoms with Crippen molar-refractivity contribution in [2.24, 2.45) is 0 Å². The van der Waals surface area contributed by atoms with Crippen molar-refractivity contribution in [3.05, 3.63) is 361 Å². The Balaban J connectivity index is 0.000000158. The number of rotatable bonds is 33. The lowest BCUT2D eigenvalue weighted by atomic mass is 9.88. The molecule has 0 saturated heterocycles. The summed E-state index contributed by atoms with van der Waals surface area (Å²) in [5, 5.41) is 94.3. The van der Waals surface area contributed by atoms with Crippen molar-refractivity contribution in [3.8, 4) is 11.5 Å². The molecule has 0 radical (unpaired) electrons. The van der Waals surface area contributed by atoms with Gasteiger partial charge in [-0.15, -0.1) is 35.7 Å². The molecule has 6 aliphatic rings. The molecule has 15 aromatic rings.